The van der Waals surface area contributed by atoms with E-state index in [0.29, 0.717) is 0 Å². The lowest BCUT2D eigenvalue weighted by atomic mass is 10.3. The van der Waals surface area contributed by atoms with Gasteiger partial charge < -0.3 is 13.8 Å². The molecule has 17 heteroatoms. The third kappa shape index (κ3) is 13.0. The van der Waals surface area contributed by atoms with Gasteiger partial charge in [-0.3, -0.25) is 0 Å². The van der Waals surface area contributed by atoms with Crippen molar-refractivity contribution in [2.24, 2.45) is 0 Å². The molecule has 0 saturated heterocycles. The van der Waals surface area contributed by atoms with E-state index in [4.69, 9.17) is 30.7 Å². The van der Waals surface area contributed by atoms with E-state index in [9.17, 15) is 26.3 Å². The number of rotatable bonds is 7. The van der Waals surface area contributed by atoms with Crippen molar-refractivity contribution in [1.82, 2.24) is 0 Å². The van der Waals surface area contributed by atoms with E-state index in [1.165, 1.54) is 21.8 Å². The fraction of sp³-hybridized carbons (Fsp3) is 0.0625. The molecular weight excluding hydrogens is 833 g/mol. The van der Waals surface area contributed by atoms with Gasteiger partial charge in [0.15, 0.2) is 42.1 Å². The molecule has 5 aromatic rings. The largest absolute Gasteiger partial charge is 0.741 e. The van der Waals surface area contributed by atoms with Crippen LogP contribution in [0.1, 0.15) is 0 Å². The van der Waals surface area contributed by atoms with Crippen LogP contribution in [0.15, 0.2) is 154 Å². The maximum absolute atomic E-state index is 10.7. The Morgan fingerprint density at radius 2 is 0.755 bits per heavy atom. The van der Waals surface area contributed by atoms with Gasteiger partial charge in [-0.05, 0) is 84.9 Å². The maximum atomic E-state index is 10.7. The third-order valence-corrected chi connectivity index (χ3v) is 11.6. The van der Waals surface area contributed by atoms with E-state index in [1.807, 2.05) is 0 Å². The fourth-order valence-corrected chi connectivity index (χ4v) is 7.77. The highest BCUT2D eigenvalue weighted by molar-refractivity contribution is 7.97. The highest BCUT2D eigenvalue weighted by Gasteiger charge is 2.37. The van der Waals surface area contributed by atoms with E-state index in [0.717, 1.165) is 11.5 Å². The molecule has 0 unspecified atom stereocenters. The zero-order chi connectivity index (χ0) is 36.3. The molecule has 260 valence electrons. The Balaban J connectivity index is 0.000000338. The molecule has 0 aliphatic carbocycles. The van der Waals surface area contributed by atoms with Crippen molar-refractivity contribution in [2.75, 3.05) is 0 Å². The van der Waals surface area contributed by atoms with Crippen LogP contribution in [0.2, 0.25) is 0 Å². The molecule has 0 fully saturated rings. The molecule has 0 aliphatic heterocycles. The van der Waals surface area contributed by atoms with Crippen molar-refractivity contribution in [3.05, 3.63) is 147 Å². The van der Waals surface area contributed by atoms with Gasteiger partial charge in [0.05, 0.1) is 10.9 Å². The molecule has 49 heavy (non-hydrogen) atoms. The smallest absolute Gasteiger partial charge is 0.485 e. The lowest BCUT2D eigenvalue weighted by Crippen LogP contribution is -3.61. The first-order valence-corrected chi connectivity index (χ1v) is 19.5. The molecule has 0 saturated carbocycles. The van der Waals surface area contributed by atoms with Crippen LogP contribution in [0.4, 0.5) is 26.3 Å². The molecule has 0 aliphatic rings. The van der Waals surface area contributed by atoms with E-state index in [1.54, 1.807) is 0 Å². The molecule has 5 aromatic carbocycles. The monoisotopic (exact) mass is 856 g/mol. The summed E-state index contributed by atoms with van der Waals surface area (Å²) in [4.78, 5) is 3.91. The molecule has 0 aromatic heterocycles. The third-order valence-electron chi connectivity index (χ3n) is 5.58. The minimum Gasteiger partial charge on any atom is -0.741 e. The summed E-state index contributed by atoms with van der Waals surface area (Å²) in [7, 11) is -12.3. The molecule has 0 radical (unpaired) electrons. The second-order valence-corrected chi connectivity index (χ2v) is 16.9. The van der Waals surface area contributed by atoms with Crippen LogP contribution in [0.3, 0.4) is 0 Å². The number of hydrogen-bond donors (Lipinski definition) is 0. The first-order valence-electron chi connectivity index (χ1n) is 13.3. The predicted octanol–water partition coefficient (Wildman–Crippen LogP) is 4.81. The Bertz CT molecular complexity index is 1880. The Kier molecular flexibility index (Phi) is 14.1. The normalized spacial score (nSPS) is 11.9. The zero-order valence-electron chi connectivity index (χ0n) is 24.5. The second kappa shape index (κ2) is 17.3. The quantitative estimate of drug-likeness (QED) is 0.0758. The summed E-state index contributed by atoms with van der Waals surface area (Å²) >= 11 is -0.156. The second-order valence-electron chi connectivity index (χ2n) is 9.15. The summed E-state index contributed by atoms with van der Waals surface area (Å²) in [6.45, 7) is 0. The average molecular weight is 857 g/mol. The lowest BCUT2D eigenvalue weighted by Gasteiger charge is -2.09. The van der Waals surface area contributed by atoms with Gasteiger partial charge >= 0.3 is 32.2 Å². The molecular formula is C32H23F6IO7S3. The van der Waals surface area contributed by atoms with Gasteiger partial charge in [0.1, 0.15) is 11.5 Å². The average Bonchev–Trinajstić information content (AvgIpc) is 3.03. The van der Waals surface area contributed by atoms with Gasteiger partial charge in [-0.15, -0.1) is 0 Å². The Labute approximate surface area is 291 Å². The Morgan fingerprint density at radius 1 is 0.469 bits per heavy atom. The van der Waals surface area contributed by atoms with Gasteiger partial charge in [-0.1, -0.05) is 54.6 Å². The molecule has 0 atom stereocenters. The maximum Gasteiger partial charge on any atom is 0.485 e. The highest BCUT2D eigenvalue weighted by atomic mass is 127. The number of alkyl halides is 6. The van der Waals surface area contributed by atoms with Crippen molar-refractivity contribution in [3.63, 3.8) is 0 Å². The van der Waals surface area contributed by atoms with Crippen LogP contribution < -0.4 is 25.9 Å². The van der Waals surface area contributed by atoms with Crippen LogP contribution >= 0.6 is 0 Å². The van der Waals surface area contributed by atoms with Gasteiger partial charge in [0, 0.05) is 0 Å². The lowest BCUT2D eigenvalue weighted by molar-refractivity contribution is -0.597. The van der Waals surface area contributed by atoms with Gasteiger partial charge in [-0.2, -0.15) is 26.3 Å². The van der Waals surface area contributed by atoms with Gasteiger partial charge in [0.2, 0.25) is 0 Å². The molecule has 7 nitrogen and oxygen atoms in total. The summed E-state index contributed by atoms with van der Waals surface area (Å²) in [5.74, 6) is 1.72. The highest BCUT2D eigenvalue weighted by Crippen LogP contribution is 2.32. The molecule has 5 rings (SSSR count). The van der Waals surface area contributed by atoms with Gasteiger partial charge in [0.25, 0.3) is 0 Å². The van der Waals surface area contributed by atoms with E-state index in [2.05, 4.69) is 140 Å². The van der Waals surface area contributed by atoms with Crippen LogP contribution in [0, 0.1) is 7.14 Å². The van der Waals surface area contributed by atoms with Crippen molar-refractivity contribution in [2.45, 2.75) is 25.7 Å². The summed E-state index contributed by atoms with van der Waals surface area (Å²) in [5, 5.41) is 0. The Morgan fingerprint density at radius 3 is 1.10 bits per heavy atom. The van der Waals surface area contributed by atoms with Crippen molar-refractivity contribution in [3.8, 4) is 11.5 Å². The van der Waals surface area contributed by atoms with Crippen LogP contribution in [0.25, 0.3) is 0 Å². The Hall–Kier alpha value is -3.62. The van der Waals surface area contributed by atoms with Crippen molar-refractivity contribution in [1.29, 1.82) is 0 Å². The standard InChI is InChI=1S/C30H23IOS.2CHF3O3S/c1-4-10-24(11-5-1)31-25-16-18-26(19-17-25)32-27-20-22-30(23-21-27)33(28-12-6-2-7-13-28)29-14-8-3-9-15-29;2*2-1(3,4)8(5,6)7/h1-23H;2*(H,5,6,7)/q+2;;/p-2. The fourth-order valence-electron chi connectivity index (χ4n) is 3.47. The number of benzene rings is 5. The topological polar surface area (TPSA) is 124 Å². The molecule has 0 N–H and O–H groups in total. The van der Waals surface area contributed by atoms with Gasteiger partial charge in [-0.25, -0.2) is 16.8 Å². The first kappa shape index (κ1) is 39.8. The van der Waals surface area contributed by atoms with Crippen LogP contribution in [-0.4, -0.2) is 37.0 Å². The minimum atomic E-state index is -6.09. The van der Waals surface area contributed by atoms with Crippen LogP contribution in [-0.2, 0) is 31.1 Å². The molecule has 0 amide bonds. The number of halogens is 7. The summed E-state index contributed by atoms with van der Waals surface area (Å²) in [6.07, 6.45) is 0. The molecule has 0 spiro atoms. The number of hydrogen-bond acceptors (Lipinski definition) is 7. The summed E-state index contributed by atoms with van der Waals surface area (Å²) in [6, 6.07) is 49.2. The van der Waals surface area contributed by atoms with Crippen LogP contribution in [0.5, 0.6) is 11.5 Å². The van der Waals surface area contributed by atoms with E-state index >= 15 is 0 Å². The molecule has 0 bridgehead atoms. The SMILES string of the molecule is O=S(=O)([O-])C(F)(F)F.O=S(=O)([O-])C(F)(F)F.c1ccc([I+]c2ccc(Oc3ccc([S+](c4ccccc4)c4ccccc4)cc3)cc2)cc1. The van der Waals surface area contributed by atoms with Crippen molar-refractivity contribution < 1.29 is 78.2 Å². The van der Waals surface area contributed by atoms with E-state index in [-0.39, 0.29) is 32.1 Å². The molecule has 0 heterocycles. The van der Waals surface area contributed by atoms with E-state index < -0.39 is 31.3 Å². The summed E-state index contributed by atoms with van der Waals surface area (Å²) in [5.41, 5.74) is -11.3. The zero-order valence-corrected chi connectivity index (χ0v) is 29.1. The first-order chi connectivity index (χ1) is 22.8. The number of ether oxygens (including phenoxy) is 1. The minimum absolute atomic E-state index is 0.144. The van der Waals surface area contributed by atoms with Crippen molar-refractivity contribution >= 4 is 31.1 Å². The summed E-state index contributed by atoms with van der Waals surface area (Å²) < 4.78 is 127. The predicted molar refractivity (Wildman–Crippen MR) is 163 cm³/mol.